The highest BCUT2D eigenvalue weighted by Crippen LogP contribution is 2.24. The summed E-state index contributed by atoms with van der Waals surface area (Å²) in [6.45, 7) is 1.68. The number of likely N-dealkylation sites (tertiary alicyclic amines) is 1. The maximum absolute atomic E-state index is 12.2. The summed E-state index contributed by atoms with van der Waals surface area (Å²) in [6.07, 6.45) is 3.17. The number of hydrogen-bond acceptors (Lipinski definition) is 2. The third-order valence-corrected chi connectivity index (χ3v) is 4.25. The van der Waals surface area contributed by atoms with Crippen molar-refractivity contribution >= 4 is 29.3 Å². The molecule has 1 saturated heterocycles. The van der Waals surface area contributed by atoms with Crippen LogP contribution < -0.4 is 0 Å². The van der Waals surface area contributed by atoms with Crippen LogP contribution in [0.4, 0.5) is 0 Å². The Morgan fingerprint density at radius 3 is 2.88 bits per heavy atom. The van der Waals surface area contributed by atoms with Gasteiger partial charge in [0.05, 0.1) is 10.6 Å². The lowest BCUT2D eigenvalue weighted by Crippen LogP contribution is -2.29. The van der Waals surface area contributed by atoms with Gasteiger partial charge in [0.2, 0.25) is 0 Å². The van der Waals surface area contributed by atoms with Crippen molar-refractivity contribution < 1.29 is 4.79 Å². The molecule has 1 amide bonds. The zero-order chi connectivity index (χ0) is 11.5. The van der Waals surface area contributed by atoms with Crippen LogP contribution >= 0.6 is 23.4 Å². The minimum absolute atomic E-state index is 0.0575. The number of amides is 1. The van der Waals surface area contributed by atoms with E-state index < -0.39 is 0 Å². The molecule has 0 bridgehead atoms. The number of thioether (sulfide) groups is 1. The largest absolute Gasteiger partial charge is 0.337 e. The quantitative estimate of drug-likeness (QED) is 0.810. The second-order valence-electron chi connectivity index (χ2n) is 3.88. The average molecular weight is 256 g/mol. The van der Waals surface area contributed by atoms with Crippen LogP contribution in [-0.2, 0) is 0 Å². The van der Waals surface area contributed by atoms with Gasteiger partial charge in [-0.25, -0.2) is 0 Å². The first-order valence-corrected chi connectivity index (χ1v) is 6.95. The Balaban J connectivity index is 2.12. The molecule has 0 aliphatic carbocycles. The van der Waals surface area contributed by atoms with Gasteiger partial charge in [0.15, 0.2) is 0 Å². The van der Waals surface area contributed by atoms with E-state index in [1.54, 1.807) is 12.1 Å². The normalized spacial score (nSPS) is 20.1. The number of nitrogens with zero attached hydrogens (tertiary/aromatic N) is 1. The van der Waals surface area contributed by atoms with Gasteiger partial charge in [-0.2, -0.15) is 11.8 Å². The van der Waals surface area contributed by atoms with E-state index in [0.29, 0.717) is 15.8 Å². The first kappa shape index (κ1) is 11.8. The van der Waals surface area contributed by atoms with E-state index in [4.69, 9.17) is 11.6 Å². The summed E-state index contributed by atoms with van der Waals surface area (Å²) in [5.41, 5.74) is 0.617. The molecule has 0 unspecified atom stereocenters. The van der Waals surface area contributed by atoms with Crippen molar-refractivity contribution in [2.24, 2.45) is 0 Å². The smallest absolute Gasteiger partial charge is 0.255 e. The predicted octanol–water partition coefficient (Wildman–Crippen LogP) is 2.92. The number of carbonyl (C=O) groups excluding carboxylic acids is 1. The topological polar surface area (TPSA) is 20.3 Å². The SMILES string of the molecule is CS[C@H]1CCN(C(=O)c2ccccc2Cl)C1. The van der Waals surface area contributed by atoms with Crippen LogP contribution in [0.5, 0.6) is 0 Å². The molecule has 1 heterocycles. The Hall–Kier alpha value is -0.670. The summed E-state index contributed by atoms with van der Waals surface area (Å²) in [5.74, 6) is 0.0575. The van der Waals surface area contributed by atoms with Crippen LogP contribution in [0.1, 0.15) is 16.8 Å². The molecule has 0 aromatic heterocycles. The first-order valence-electron chi connectivity index (χ1n) is 5.29. The maximum Gasteiger partial charge on any atom is 0.255 e. The molecule has 4 heteroatoms. The van der Waals surface area contributed by atoms with Crippen molar-refractivity contribution in [3.05, 3.63) is 34.9 Å². The lowest BCUT2D eigenvalue weighted by Gasteiger charge is -2.16. The summed E-state index contributed by atoms with van der Waals surface area (Å²) in [7, 11) is 0. The number of carbonyl (C=O) groups is 1. The Labute approximate surface area is 105 Å². The zero-order valence-corrected chi connectivity index (χ0v) is 10.7. The molecule has 86 valence electrons. The van der Waals surface area contributed by atoms with E-state index in [2.05, 4.69) is 6.26 Å². The molecule has 0 saturated carbocycles. The molecule has 1 aliphatic heterocycles. The number of rotatable bonds is 2. The molecule has 0 N–H and O–H groups in total. The third kappa shape index (κ3) is 2.36. The van der Waals surface area contributed by atoms with Crippen molar-refractivity contribution in [2.75, 3.05) is 19.3 Å². The van der Waals surface area contributed by atoms with Gasteiger partial charge in [0.1, 0.15) is 0 Å². The Morgan fingerprint density at radius 2 is 2.25 bits per heavy atom. The molecule has 0 spiro atoms. The third-order valence-electron chi connectivity index (χ3n) is 2.87. The van der Waals surface area contributed by atoms with Crippen LogP contribution in [0.2, 0.25) is 5.02 Å². The van der Waals surface area contributed by atoms with Crippen LogP contribution in [0.25, 0.3) is 0 Å². The van der Waals surface area contributed by atoms with Gasteiger partial charge in [-0.05, 0) is 24.8 Å². The fourth-order valence-electron chi connectivity index (χ4n) is 1.91. The fourth-order valence-corrected chi connectivity index (χ4v) is 2.80. The van der Waals surface area contributed by atoms with Crippen LogP contribution in [-0.4, -0.2) is 35.4 Å². The molecule has 1 fully saturated rings. The van der Waals surface area contributed by atoms with E-state index in [1.165, 1.54) is 0 Å². The first-order chi connectivity index (χ1) is 7.72. The highest BCUT2D eigenvalue weighted by molar-refractivity contribution is 7.99. The molecule has 16 heavy (non-hydrogen) atoms. The van der Waals surface area contributed by atoms with E-state index in [-0.39, 0.29) is 5.91 Å². The molecule has 1 aromatic rings. The molecule has 1 atom stereocenters. The highest BCUT2D eigenvalue weighted by Gasteiger charge is 2.27. The Bertz CT molecular complexity index is 396. The second-order valence-corrected chi connectivity index (χ2v) is 5.42. The number of halogens is 1. The highest BCUT2D eigenvalue weighted by atomic mass is 35.5. The minimum Gasteiger partial charge on any atom is -0.337 e. The minimum atomic E-state index is 0.0575. The van der Waals surface area contributed by atoms with Crippen LogP contribution in [0, 0.1) is 0 Å². The van der Waals surface area contributed by atoms with Crippen LogP contribution in [0.15, 0.2) is 24.3 Å². The second kappa shape index (κ2) is 5.11. The van der Waals surface area contributed by atoms with E-state index in [1.807, 2.05) is 28.8 Å². The Kier molecular flexibility index (Phi) is 3.77. The molecule has 1 aliphatic rings. The van der Waals surface area contributed by atoms with Crippen molar-refractivity contribution in [1.82, 2.24) is 4.90 Å². The molecule has 2 nitrogen and oxygen atoms in total. The van der Waals surface area contributed by atoms with Crippen molar-refractivity contribution in [3.8, 4) is 0 Å². The lowest BCUT2D eigenvalue weighted by atomic mass is 10.2. The van der Waals surface area contributed by atoms with Gasteiger partial charge in [-0.1, -0.05) is 23.7 Å². The molecule has 1 aromatic carbocycles. The van der Waals surface area contributed by atoms with Gasteiger partial charge < -0.3 is 4.90 Å². The Morgan fingerprint density at radius 1 is 1.50 bits per heavy atom. The van der Waals surface area contributed by atoms with E-state index in [0.717, 1.165) is 19.5 Å². The summed E-state index contributed by atoms with van der Waals surface area (Å²) >= 11 is 7.84. The monoisotopic (exact) mass is 255 g/mol. The van der Waals surface area contributed by atoms with E-state index in [9.17, 15) is 4.79 Å². The molecule has 0 radical (unpaired) electrons. The molecule has 2 rings (SSSR count). The van der Waals surface area contributed by atoms with Gasteiger partial charge in [-0.3, -0.25) is 4.79 Å². The average Bonchev–Trinajstić information content (AvgIpc) is 2.77. The standard InChI is InChI=1S/C12H14ClNOS/c1-16-9-6-7-14(8-9)12(15)10-4-2-3-5-11(10)13/h2-5,9H,6-8H2,1H3/t9-/m0/s1. The van der Waals surface area contributed by atoms with Crippen molar-refractivity contribution in [1.29, 1.82) is 0 Å². The summed E-state index contributed by atoms with van der Waals surface area (Å²) in [6, 6.07) is 7.24. The van der Waals surface area contributed by atoms with Crippen LogP contribution in [0.3, 0.4) is 0 Å². The number of hydrogen-bond donors (Lipinski definition) is 0. The summed E-state index contributed by atoms with van der Waals surface area (Å²) in [5, 5.41) is 1.12. The van der Waals surface area contributed by atoms with Gasteiger partial charge in [-0.15, -0.1) is 0 Å². The maximum atomic E-state index is 12.2. The lowest BCUT2D eigenvalue weighted by molar-refractivity contribution is 0.0793. The summed E-state index contributed by atoms with van der Waals surface area (Å²) < 4.78 is 0. The van der Waals surface area contributed by atoms with E-state index >= 15 is 0 Å². The summed E-state index contributed by atoms with van der Waals surface area (Å²) in [4.78, 5) is 14.1. The van der Waals surface area contributed by atoms with Crippen molar-refractivity contribution in [2.45, 2.75) is 11.7 Å². The van der Waals surface area contributed by atoms with Crippen molar-refractivity contribution in [3.63, 3.8) is 0 Å². The zero-order valence-electron chi connectivity index (χ0n) is 9.15. The van der Waals surface area contributed by atoms with Gasteiger partial charge >= 0.3 is 0 Å². The molecular formula is C12H14ClNOS. The van der Waals surface area contributed by atoms with Gasteiger partial charge in [0, 0.05) is 18.3 Å². The fraction of sp³-hybridized carbons (Fsp3) is 0.417. The van der Waals surface area contributed by atoms with Gasteiger partial charge in [0.25, 0.3) is 5.91 Å². The predicted molar refractivity (Wildman–Crippen MR) is 69.3 cm³/mol. The molecular weight excluding hydrogens is 242 g/mol. The number of benzene rings is 1.